The number of carbonyl (C=O) groups is 3. The van der Waals surface area contributed by atoms with Gasteiger partial charge in [0.1, 0.15) is 17.5 Å². The van der Waals surface area contributed by atoms with Crippen LogP contribution in [0.2, 0.25) is 0 Å². The zero-order valence-electron chi connectivity index (χ0n) is 22.9. The number of carbonyl (C=O) groups excluding carboxylic acids is 3. The Hall–Kier alpha value is -4.75. The highest BCUT2D eigenvalue weighted by molar-refractivity contribution is 8.00. The van der Waals surface area contributed by atoms with Crippen molar-refractivity contribution in [3.05, 3.63) is 109 Å². The quantitative estimate of drug-likeness (QED) is 0.181. The topological polar surface area (TPSA) is 141 Å². The second-order valence-electron chi connectivity index (χ2n) is 10.1. The van der Waals surface area contributed by atoms with E-state index in [2.05, 4.69) is 5.32 Å². The Morgan fingerprint density at radius 1 is 1.00 bits per heavy atom. The Labute approximate surface area is 253 Å². The van der Waals surface area contributed by atoms with Gasteiger partial charge < -0.3 is 10.1 Å². The number of thiazole rings is 1. The largest absolute Gasteiger partial charge is 0.496 e. The van der Waals surface area contributed by atoms with E-state index in [0.717, 1.165) is 33.6 Å². The van der Waals surface area contributed by atoms with Crippen molar-refractivity contribution in [3.63, 3.8) is 0 Å². The lowest BCUT2D eigenvalue weighted by Gasteiger charge is -2.31. The number of aryl methyl sites for hydroxylation is 1. The van der Waals surface area contributed by atoms with Crippen LogP contribution in [0.25, 0.3) is 0 Å². The minimum Gasteiger partial charge on any atom is -0.496 e. The molecule has 11 nitrogen and oxygen atoms in total. The molecule has 0 bridgehead atoms. The van der Waals surface area contributed by atoms with Gasteiger partial charge in [-0.1, -0.05) is 59.5 Å². The number of non-ortho nitro benzene ring substituents is 1. The smallest absolute Gasteiger partial charge is 0.308 e. The van der Waals surface area contributed by atoms with Crippen molar-refractivity contribution in [3.8, 4) is 5.75 Å². The van der Waals surface area contributed by atoms with Gasteiger partial charge in [0.15, 0.2) is 0 Å². The lowest BCUT2D eigenvalue weighted by molar-refractivity contribution is -0.384. The molecule has 43 heavy (non-hydrogen) atoms. The van der Waals surface area contributed by atoms with E-state index in [4.69, 9.17) is 4.74 Å². The summed E-state index contributed by atoms with van der Waals surface area (Å²) in [6, 6.07) is 19.6. The van der Waals surface area contributed by atoms with Crippen LogP contribution >= 0.6 is 23.1 Å². The molecule has 3 unspecified atom stereocenters. The molecule has 3 amide bonds. The fourth-order valence-corrected chi connectivity index (χ4v) is 8.30. The summed E-state index contributed by atoms with van der Waals surface area (Å²) < 4.78 is 6.98. The summed E-state index contributed by atoms with van der Waals surface area (Å²) in [5.41, 5.74) is 2.17. The zero-order chi connectivity index (χ0) is 30.4. The fourth-order valence-electron chi connectivity index (χ4n) is 5.54. The third-order valence-corrected chi connectivity index (χ3v) is 10.2. The number of thioether (sulfide) groups is 1. The van der Waals surface area contributed by atoms with Crippen molar-refractivity contribution in [2.24, 2.45) is 5.92 Å². The molecule has 2 aliphatic rings. The molecule has 2 aliphatic heterocycles. The first kappa shape index (κ1) is 28.4. The number of hydrogen-bond acceptors (Lipinski definition) is 9. The van der Waals surface area contributed by atoms with E-state index in [1.807, 2.05) is 19.1 Å². The number of ether oxygens (including phenoxy) is 1. The van der Waals surface area contributed by atoms with Crippen molar-refractivity contribution in [2.45, 2.75) is 29.7 Å². The highest BCUT2D eigenvalue weighted by Gasteiger charge is 2.57. The third-order valence-electron chi connectivity index (χ3n) is 7.56. The summed E-state index contributed by atoms with van der Waals surface area (Å²) in [6.45, 7) is 1.58. The number of nitro groups is 1. The maximum atomic E-state index is 14.0. The Balaban J connectivity index is 1.43. The SMILES string of the molecule is COc1ccccc1C1c2sc(=O)n(CC(=O)Nc3ccccc3C)c2SC2C(=O)N(c3ccc([N+](=O)[O-])cc3)C(=O)C21. The van der Waals surface area contributed by atoms with Crippen molar-refractivity contribution >= 4 is 57.9 Å². The van der Waals surface area contributed by atoms with Crippen molar-refractivity contribution in [1.82, 2.24) is 4.57 Å². The van der Waals surface area contributed by atoms with Crippen LogP contribution in [-0.2, 0) is 20.9 Å². The lowest BCUT2D eigenvalue weighted by atomic mass is 9.82. The number of aromatic nitrogens is 1. The summed E-state index contributed by atoms with van der Waals surface area (Å²) in [5.74, 6) is -2.51. The van der Waals surface area contributed by atoms with Crippen LogP contribution in [0.15, 0.2) is 82.6 Å². The van der Waals surface area contributed by atoms with Gasteiger partial charge in [-0.05, 0) is 36.8 Å². The Morgan fingerprint density at radius 3 is 2.40 bits per heavy atom. The van der Waals surface area contributed by atoms with Gasteiger partial charge in [0.25, 0.3) is 5.69 Å². The summed E-state index contributed by atoms with van der Waals surface area (Å²) in [4.78, 5) is 66.2. The number of methoxy groups -OCH3 is 1. The predicted molar refractivity (Wildman–Crippen MR) is 162 cm³/mol. The van der Waals surface area contributed by atoms with E-state index in [1.54, 1.807) is 36.4 Å². The van der Waals surface area contributed by atoms with Gasteiger partial charge >= 0.3 is 4.87 Å². The van der Waals surface area contributed by atoms with Crippen molar-refractivity contribution in [2.75, 3.05) is 17.3 Å². The normalized spacial score (nSPS) is 19.1. The van der Waals surface area contributed by atoms with Crippen LogP contribution < -0.4 is 19.8 Å². The minimum absolute atomic E-state index is 0.170. The highest BCUT2D eigenvalue weighted by Crippen LogP contribution is 2.55. The molecule has 3 aromatic carbocycles. The predicted octanol–water partition coefficient (Wildman–Crippen LogP) is 4.57. The van der Waals surface area contributed by atoms with E-state index in [0.29, 0.717) is 26.9 Å². The Kier molecular flexibility index (Phi) is 7.36. The first-order chi connectivity index (χ1) is 20.7. The minimum atomic E-state index is -0.912. The summed E-state index contributed by atoms with van der Waals surface area (Å²) >= 11 is 2.03. The molecule has 0 saturated carbocycles. The molecule has 1 fully saturated rings. The monoisotopic (exact) mass is 616 g/mol. The maximum Gasteiger partial charge on any atom is 0.308 e. The fraction of sp³-hybridized carbons (Fsp3) is 0.200. The first-order valence-corrected chi connectivity index (χ1v) is 14.9. The highest BCUT2D eigenvalue weighted by atomic mass is 32.2. The van der Waals surface area contributed by atoms with Crippen LogP contribution in [-0.4, -0.2) is 39.6 Å². The average Bonchev–Trinajstić information content (AvgIpc) is 3.44. The molecular formula is C30H24N4O7S2. The van der Waals surface area contributed by atoms with Crippen LogP contribution in [0.5, 0.6) is 5.75 Å². The van der Waals surface area contributed by atoms with Gasteiger partial charge in [-0.3, -0.25) is 33.9 Å². The number of nitrogens with zero attached hydrogens (tertiary/aromatic N) is 3. The molecule has 1 saturated heterocycles. The third kappa shape index (κ3) is 4.89. The number of hydrogen-bond donors (Lipinski definition) is 1. The molecule has 1 aromatic heterocycles. The number of rotatable bonds is 7. The number of fused-ring (bicyclic) bond motifs is 2. The summed E-state index contributed by atoms with van der Waals surface area (Å²) in [6.07, 6.45) is 0. The number of imide groups is 1. The van der Waals surface area contributed by atoms with Crippen LogP contribution in [0.3, 0.4) is 0 Å². The average molecular weight is 617 g/mol. The molecule has 0 aliphatic carbocycles. The van der Waals surface area contributed by atoms with Gasteiger partial charge in [-0.15, -0.1) is 0 Å². The molecule has 218 valence electrons. The maximum absolute atomic E-state index is 14.0. The second-order valence-corrected chi connectivity index (χ2v) is 12.2. The number of nitrogens with one attached hydrogen (secondary N) is 1. The summed E-state index contributed by atoms with van der Waals surface area (Å²) in [7, 11) is 1.50. The number of nitro benzene ring substituents is 1. The molecule has 0 spiro atoms. The van der Waals surface area contributed by atoms with Gasteiger partial charge in [0.2, 0.25) is 17.7 Å². The molecule has 3 heterocycles. The van der Waals surface area contributed by atoms with Crippen LogP contribution in [0.1, 0.15) is 21.9 Å². The number of anilines is 2. The van der Waals surface area contributed by atoms with Crippen LogP contribution in [0.4, 0.5) is 17.1 Å². The van der Waals surface area contributed by atoms with Gasteiger partial charge in [0, 0.05) is 34.2 Å². The van der Waals surface area contributed by atoms with Gasteiger partial charge in [-0.2, -0.15) is 0 Å². The first-order valence-electron chi connectivity index (χ1n) is 13.2. The molecular weight excluding hydrogens is 592 g/mol. The van der Waals surface area contributed by atoms with Gasteiger partial charge in [0.05, 0.1) is 28.7 Å². The Morgan fingerprint density at radius 2 is 1.70 bits per heavy atom. The zero-order valence-corrected chi connectivity index (χ0v) is 24.5. The lowest BCUT2D eigenvalue weighted by Crippen LogP contribution is -2.33. The molecule has 1 N–H and O–H groups in total. The second kappa shape index (κ2) is 11.2. The van der Waals surface area contributed by atoms with Gasteiger partial charge in [-0.25, -0.2) is 4.90 Å². The van der Waals surface area contributed by atoms with E-state index in [9.17, 15) is 29.3 Å². The molecule has 3 atom stereocenters. The number of benzene rings is 3. The van der Waals surface area contributed by atoms with E-state index in [-0.39, 0.29) is 22.8 Å². The van der Waals surface area contributed by atoms with Crippen molar-refractivity contribution in [1.29, 1.82) is 0 Å². The number of para-hydroxylation sites is 2. The van der Waals surface area contributed by atoms with E-state index >= 15 is 0 Å². The number of amides is 3. The standard InChI is InChI=1S/C30H24N4O7S2/c1-16-7-3-5-9-20(16)31-22(35)15-32-29-26(43-30(32)38)23(19-8-4-6-10-21(19)41-2)24-25(42-29)28(37)33(27(24)36)17-11-13-18(14-12-17)34(39)40/h3-14,23-25H,15H2,1-2H3,(H,31,35). The molecule has 6 rings (SSSR count). The molecule has 13 heteroatoms. The molecule has 0 radical (unpaired) electrons. The van der Waals surface area contributed by atoms with E-state index < -0.39 is 39.7 Å². The Bertz CT molecular complexity index is 1850. The van der Waals surface area contributed by atoms with Crippen LogP contribution in [0, 0.1) is 23.0 Å². The van der Waals surface area contributed by atoms with Crippen molar-refractivity contribution < 1.29 is 24.0 Å². The molecule has 4 aromatic rings. The van der Waals surface area contributed by atoms with E-state index in [1.165, 1.54) is 35.9 Å². The summed E-state index contributed by atoms with van der Waals surface area (Å²) in [5, 5.41) is 13.5.